The lowest BCUT2D eigenvalue weighted by atomic mass is 10.1. The molecule has 0 saturated carbocycles. The monoisotopic (exact) mass is 271 g/mol. The molecule has 4 heteroatoms. The fraction of sp³-hybridized carbons (Fsp3) is 0.188. The van der Waals surface area contributed by atoms with Gasteiger partial charge in [-0.1, -0.05) is 12.1 Å². The Labute approximate surface area is 116 Å². The number of hydrogen-bond donors (Lipinski definition) is 1. The third-order valence-electron chi connectivity index (χ3n) is 2.86. The minimum Gasteiger partial charge on any atom is -0.457 e. The molecule has 1 unspecified atom stereocenters. The van der Waals surface area contributed by atoms with E-state index in [1.54, 1.807) is 31.2 Å². The van der Waals surface area contributed by atoms with Crippen LogP contribution in [0, 0.1) is 17.1 Å². The zero-order chi connectivity index (χ0) is 14.5. The van der Waals surface area contributed by atoms with E-state index in [-0.39, 0.29) is 0 Å². The second-order valence-electron chi connectivity index (χ2n) is 4.44. The predicted molar refractivity (Wildman–Crippen MR) is 72.9 cm³/mol. The molecule has 2 aromatic carbocycles. The van der Waals surface area contributed by atoms with Crippen LogP contribution < -0.4 is 4.74 Å². The van der Waals surface area contributed by atoms with Gasteiger partial charge >= 0.3 is 0 Å². The number of nitrogens with zero attached hydrogens (tertiary/aromatic N) is 1. The Morgan fingerprint density at radius 3 is 2.55 bits per heavy atom. The molecule has 0 radical (unpaired) electrons. The standard InChI is InChI=1S/C16H14FNO2/c1-11(19)15-10-13(17)4-7-16(15)20-14-5-2-12(3-6-14)8-9-18/h2-7,10-11,19H,8H2,1H3. The Bertz CT molecular complexity index is 630. The highest BCUT2D eigenvalue weighted by atomic mass is 19.1. The van der Waals surface area contributed by atoms with Crippen LogP contribution in [0.5, 0.6) is 11.5 Å². The first-order chi connectivity index (χ1) is 9.60. The highest BCUT2D eigenvalue weighted by Gasteiger charge is 2.11. The third kappa shape index (κ3) is 3.34. The highest BCUT2D eigenvalue weighted by Crippen LogP contribution is 2.30. The molecule has 0 aliphatic heterocycles. The summed E-state index contributed by atoms with van der Waals surface area (Å²) in [5, 5.41) is 18.2. The van der Waals surface area contributed by atoms with Crippen LogP contribution in [0.4, 0.5) is 4.39 Å². The van der Waals surface area contributed by atoms with Crippen LogP contribution in [0.2, 0.25) is 0 Å². The molecule has 0 bridgehead atoms. The number of benzene rings is 2. The maximum atomic E-state index is 13.2. The number of hydrogen-bond acceptors (Lipinski definition) is 3. The summed E-state index contributed by atoms with van der Waals surface area (Å²) < 4.78 is 18.8. The molecule has 0 heterocycles. The smallest absolute Gasteiger partial charge is 0.133 e. The zero-order valence-electron chi connectivity index (χ0n) is 11.0. The molecular formula is C16H14FNO2. The van der Waals surface area contributed by atoms with E-state index in [4.69, 9.17) is 10.00 Å². The van der Waals surface area contributed by atoms with Crippen molar-refractivity contribution in [1.29, 1.82) is 5.26 Å². The van der Waals surface area contributed by atoms with Gasteiger partial charge in [0.05, 0.1) is 18.6 Å². The summed E-state index contributed by atoms with van der Waals surface area (Å²) >= 11 is 0. The van der Waals surface area contributed by atoms with Crippen molar-refractivity contribution in [2.45, 2.75) is 19.4 Å². The van der Waals surface area contributed by atoms with Crippen molar-refractivity contribution in [2.75, 3.05) is 0 Å². The zero-order valence-corrected chi connectivity index (χ0v) is 11.0. The molecule has 0 aliphatic rings. The van der Waals surface area contributed by atoms with Gasteiger partial charge in [0.15, 0.2) is 0 Å². The first kappa shape index (κ1) is 14.0. The van der Waals surface area contributed by atoms with E-state index in [1.165, 1.54) is 18.2 Å². The number of halogens is 1. The van der Waals surface area contributed by atoms with Crippen LogP contribution in [-0.4, -0.2) is 5.11 Å². The average Bonchev–Trinajstić information content (AvgIpc) is 2.43. The minimum atomic E-state index is -0.821. The largest absolute Gasteiger partial charge is 0.457 e. The summed E-state index contributed by atoms with van der Waals surface area (Å²) in [4.78, 5) is 0. The Morgan fingerprint density at radius 2 is 1.95 bits per heavy atom. The molecule has 2 aromatic rings. The van der Waals surface area contributed by atoms with Gasteiger partial charge in [-0.2, -0.15) is 5.26 Å². The van der Waals surface area contributed by atoms with Gasteiger partial charge in [0, 0.05) is 5.56 Å². The fourth-order valence-corrected chi connectivity index (χ4v) is 1.83. The van der Waals surface area contributed by atoms with Gasteiger partial charge in [-0.15, -0.1) is 0 Å². The van der Waals surface area contributed by atoms with Crippen molar-refractivity contribution in [3.63, 3.8) is 0 Å². The molecule has 20 heavy (non-hydrogen) atoms. The number of nitriles is 1. The maximum absolute atomic E-state index is 13.2. The minimum absolute atomic E-state index is 0.343. The molecule has 1 atom stereocenters. The number of aliphatic hydroxyl groups excluding tert-OH is 1. The molecule has 0 spiro atoms. The molecule has 1 N–H and O–H groups in total. The Balaban J connectivity index is 2.23. The van der Waals surface area contributed by atoms with Crippen LogP contribution in [0.25, 0.3) is 0 Å². The Hall–Kier alpha value is -2.38. The molecule has 2 rings (SSSR count). The summed E-state index contributed by atoms with van der Waals surface area (Å²) in [7, 11) is 0. The fourth-order valence-electron chi connectivity index (χ4n) is 1.83. The second kappa shape index (κ2) is 6.18. The lowest BCUT2D eigenvalue weighted by Gasteiger charge is -2.13. The van der Waals surface area contributed by atoms with E-state index < -0.39 is 11.9 Å². The van der Waals surface area contributed by atoms with Gasteiger partial charge in [-0.25, -0.2) is 4.39 Å². The van der Waals surface area contributed by atoms with E-state index >= 15 is 0 Å². The lowest BCUT2D eigenvalue weighted by molar-refractivity contribution is 0.195. The summed E-state index contributed by atoms with van der Waals surface area (Å²) in [6.45, 7) is 1.55. The van der Waals surface area contributed by atoms with E-state index in [9.17, 15) is 9.50 Å². The Morgan fingerprint density at radius 1 is 1.25 bits per heavy atom. The van der Waals surface area contributed by atoms with Gasteiger partial charge in [0.2, 0.25) is 0 Å². The van der Waals surface area contributed by atoms with Gasteiger partial charge in [-0.3, -0.25) is 0 Å². The SMILES string of the molecule is CC(O)c1cc(F)ccc1Oc1ccc(CC#N)cc1. The third-order valence-corrected chi connectivity index (χ3v) is 2.86. The van der Waals surface area contributed by atoms with Crippen molar-refractivity contribution in [1.82, 2.24) is 0 Å². The predicted octanol–water partition coefficient (Wildman–Crippen LogP) is 3.74. The van der Waals surface area contributed by atoms with Crippen molar-refractivity contribution in [3.8, 4) is 17.6 Å². The first-order valence-corrected chi connectivity index (χ1v) is 6.21. The number of rotatable bonds is 4. The topological polar surface area (TPSA) is 53.2 Å². The van der Waals surface area contributed by atoms with Gasteiger partial charge in [-0.05, 0) is 42.8 Å². The van der Waals surface area contributed by atoms with Gasteiger partial charge < -0.3 is 9.84 Å². The highest BCUT2D eigenvalue weighted by molar-refractivity contribution is 5.40. The summed E-state index contributed by atoms with van der Waals surface area (Å²) in [5.41, 5.74) is 1.29. The lowest BCUT2D eigenvalue weighted by Crippen LogP contribution is -1.97. The van der Waals surface area contributed by atoms with Crippen molar-refractivity contribution in [2.24, 2.45) is 0 Å². The molecular weight excluding hydrogens is 257 g/mol. The van der Waals surface area contributed by atoms with Crippen LogP contribution in [0.1, 0.15) is 24.2 Å². The second-order valence-corrected chi connectivity index (χ2v) is 4.44. The molecule has 102 valence electrons. The van der Waals surface area contributed by atoms with Gasteiger partial charge in [0.25, 0.3) is 0 Å². The van der Waals surface area contributed by atoms with E-state index in [1.807, 2.05) is 0 Å². The van der Waals surface area contributed by atoms with Crippen LogP contribution in [0.15, 0.2) is 42.5 Å². The molecule has 3 nitrogen and oxygen atoms in total. The summed E-state index contributed by atoms with van der Waals surface area (Å²) in [6, 6.07) is 13.2. The van der Waals surface area contributed by atoms with Crippen LogP contribution >= 0.6 is 0 Å². The van der Waals surface area contributed by atoms with Crippen molar-refractivity contribution >= 4 is 0 Å². The molecule has 0 aliphatic carbocycles. The normalized spacial score (nSPS) is 11.7. The van der Waals surface area contributed by atoms with Crippen LogP contribution in [-0.2, 0) is 6.42 Å². The maximum Gasteiger partial charge on any atom is 0.133 e. The molecule has 0 fully saturated rings. The summed E-state index contributed by atoms with van der Waals surface area (Å²) in [6.07, 6.45) is -0.478. The van der Waals surface area contributed by atoms with E-state index in [2.05, 4.69) is 6.07 Å². The summed E-state index contributed by atoms with van der Waals surface area (Å²) in [5.74, 6) is 0.562. The average molecular weight is 271 g/mol. The number of aliphatic hydroxyl groups is 1. The van der Waals surface area contributed by atoms with Gasteiger partial charge in [0.1, 0.15) is 17.3 Å². The van der Waals surface area contributed by atoms with Crippen molar-refractivity contribution in [3.05, 3.63) is 59.4 Å². The quantitative estimate of drug-likeness (QED) is 0.921. The van der Waals surface area contributed by atoms with E-state index in [0.29, 0.717) is 23.5 Å². The Kier molecular flexibility index (Phi) is 4.34. The first-order valence-electron chi connectivity index (χ1n) is 6.21. The number of ether oxygens (including phenoxy) is 1. The van der Waals surface area contributed by atoms with Crippen molar-refractivity contribution < 1.29 is 14.2 Å². The molecule has 0 aromatic heterocycles. The van der Waals surface area contributed by atoms with E-state index in [0.717, 1.165) is 5.56 Å². The van der Waals surface area contributed by atoms with Crippen LogP contribution in [0.3, 0.4) is 0 Å². The molecule has 0 amide bonds. The molecule has 0 saturated heterocycles.